The van der Waals surface area contributed by atoms with Gasteiger partial charge in [-0.15, -0.1) is 11.3 Å². The Bertz CT molecular complexity index is 559. The highest BCUT2D eigenvalue weighted by Gasteiger charge is 2.33. The molecular formula is C10H6F3NOS. The summed E-state index contributed by atoms with van der Waals surface area (Å²) >= 11 is 0.975. The summed E-state index contributed by atoms with van der Waals surface area (Å²) in [5, 5.41) is -0.00907. The number of carbonyl (C=O) groups excluding carboxylic acids is 1. The number of aromatic nitrogens is 1. The minimum absolute atomic E-state index is 0.00907. The molecule has 0 atom stereocenters. The fraction of sp³-hybridized carbons (Fsp3) is 0.200. The van der Waals surface area contributed by atoms with Crippen LogP contribution in [0.3, 0.4) is 0 Å². The summed E-state index contributed by atoms with van der Waals surface area (Å²) in [7, 11) is 0. The summed E-state index contributed by atoms with van der Waals surface area (Å²) in [6.45, 7) is 1.32. The van der Waals surface area contributed by atoms with Crippen LogP contribution >= 0.6 is 11.3 Å². The van der Waals surface area contributed by atoms with Crippen molar-refractivity contribution in [1.29, 1.82) is 0 Å². The highest BCUT2D eigenvalue weighted by molar-refractivity contribution is 7.20. The highest BCUT2D eigenvalue weighted by Crippen LogP contribution is 2.36. The van der Waals surface area contributed by atoms with Crippen LogP contribution in [0.4, 0.5) is 13.2 Å². The van der Waals surface area contributed by atoms with Gasteiger partial charge in [-0.1, -0.05) is 0 Å². The first-order valence-electron chi connectivity index (χ1n) is 4.36. The predicted molar refractivity (Wildman–Crippen MR) is 54.6 cm³/mol. The molecule has 0 aliphatic rings. The van der Waals surface area contributed by atoms with E-state index < -0.39 is 11.7 Å². The predicted octanol–water partition coefficient (Wildman–Crippen LogP) is 3.52. The molecule has 0 bridgehead atoms. The van der Waals surface area contributed by atoms with Gasteiger partial charge in [0.2, 0.25) is 0 Å². The first-order chi connectivity index (χ1) is 7.39. The van der Waals surface area contributed by atoms with E-state index in [4.69, 9.17) is 0 Å². The molecule has 2 rings (SSSR count). The number of nitrogens with zero attached hydrogens (tertiary/aromatic N) is 1. The smallest absolute Gasteiger partial charge is 0.294 e. The van der Waals surface area contributed by atoms with Crippen LogP contribution in [0.5, 0.6) is 0 Å². The van der Waals surface area contributed by atoms with Gasteiger partial charge in [-0.05, 0) is 19.1 Å². The Morgan fingerprint density at radius 3 is 2.69 bits per heavy atom. The number of carbonyl (C=O) groups is 1. The minimum atomic E-state index is -4.42. The molecular weight excluding hydrogens is 239 g/mol. The van der Waals surface area contributed by atoms with Crippen molar-refractivity contribution in [2.24, 2.45) is 0 Å². The maximum Gasteiger partial charge on any atom is 0.417 e. The van der Waals surface area contributed by atoms with Crippen molar-refractivity contribution in [3.05, 3.63) is 28.8 Å². The maximum atomic E-state index is 12.6. The van der Waals surface area contributed by atoms with Crippen LogP contribution in [0.15, 0.2) is 18.3 Å². The second kappa shape index (κ2) is 3.55. The molecule has 2 heterocycles. The lowest BCUT2D eigenvalue weighted by molar-refractivity contribution is -0.136. The molecule has 0 radical (unpaired) electrons. The van der Waals surface area contributed by atoms with Crippen LogP contribution in [0.25, 0.3) is 10.2 Å². The molecule has 0 aromatic carbocycles. The second-order valence-electron chi connectivity index (χ2n) is 3.24. The zero-order valence-corrected chi connectivity index (χ0v) is 8.95. The van der Waals surface area contributed by atoms with Crippen LogP contribution in [0, 0.1) is 0 Å². The van der Waals surface area contributed by atoms with Crippen LogP contribution in [-0.2, 0) is 6.18 Å². The van der Waals surface area contributed by atoms with Gasteiger partial charge >= 0.3 is 6.18 Å². The average molecular weight is 245 g/mol. The standard InChI is InChI=1S/C10H6F3NOS/c1-5(15)8-4-6-7(10(11,12)13)2-3-14-9(6)16-8/h2-4H,1H3. The fourth-order valence-corrected chi connectivity index (χ4v) is 2.28. The number of pyridine rings is 1. The Hall–Kier alpha value is -1.43. The molecule has 0 aliphatic heterocycles. The number of hydrogen-bond donors (Lipinski definition) is 0. The van der Waals surface area contributed by atoms with Gasteiger partial charge in [-0.2, -0.15) is 13.2 Å². The minimum Gasteiger partial charge on any atom is -0.294 e. The number of Topliss-reactive ketones (excluding diaryl/α,β-unsaturated/α-hetero) is 1. The van der Waals surface area contributed by atoms with Crippen molar-refractivity contribution in [2.45, 2.75) is 13.1 Å². The monoisotopic (exact) mass is 245 g/mol. The lowest BCUT2D eigenvalue weighted by atomic mass is 10.1. The lowest BCUT2D eigenvalue weighted by Crippen LogP contribution is -2.05. The van der Waals surface area contributed by atoms with Crippen LogP contribution in [0.2, 0.25) is 0 Å². The van der Waals surface area contributed by atoms with Crippen molar-refractivity contribution >= 4 is 27.3 Å². The van der Waals surface area contributed by atoms with E-state index in [2.05, 4.69) is 4.98 Å². The summed E-state index contributed by atoms with van der Waals surface area (Å²) in [4.78, 5) is 15.4. The van der Waals surface area contributed by atoms with Crippen molar-refractivity contribution in [1.82, 2.24) is 4.98 Å². The molecule has 2 nitrogen and oxygen atoms in total. The van der Waals surface area contributed by atoms with E-state index in [-0.39, 0.29) is 16.0 Å². The lowest BCUT2D eigenvalue weighted by Gasteiger charge is -2.06. The third-order valence-electron chi connectivity index (χ3n) is 2.09. The van der Waals surface area contributed by atoms with E-state index in [1.165, 1.54) is 13.0 Å². The van der Waals surface area contributed by atoms with Crippen LogP contribution in [-0.4, -0.2) is 10.8 Å². The van der Waals surface area contributed by atoms with Gasteiger partial charge in [0.25, 0.3) is 0 Å². The van der Waals surface area contributed by atoms with Gasteiger partial charge in [0, 0.05) is 11.6 Å². The third-order valence-corrected chi connectivity index (χ3v) is 3.23. The van der Waals surface area contributed by atoms with E-state index in [1.54, 1.807) is 0 Å². The van der Waals surface area contributed by atoms with E-state index in [9.17, 15) is 18.0 Å². The molecule has 0 N–H and O–H groups in total. The molecule has 84 valence electrons. The normalized spacial score (nSPS) is 12.0. The zero-order valence-electron chi connectivity index (χ0n) is 8.13. The molecule has 0 unspecified atom stereocenters. The summed E-state index contributed by atoms with van der Waals surface area (Å²) in [5.74, 6) is -0.254. The van der Waals surface area contributed by atoms with Gasteiger partial charge in [0.1, 0.15) is 4.83 Å². The fourth-order valence-electron chi connectivity index (χ4n) is 1.36. The van der Waals surface area contributed by atoms with Crippen molar-refractivity contribution in [3.63, 3.8) is 0 Å². The largest absolute Gasteiger partial charge is 0.417 e. The van der Waals surface area contributed by atoms with Gasteiger partial charge in [0.05, 0.1) is 10.4 Å². The van der Waals surface area contributed by atoms with Gasteiger partial charge in [-0.25, -0.2) is 4.98 Å². The Kier molecular flexibility index (Phi) is 2.46. The molecule has 0 fully saturated rings. The Morgan fingerprint density at radius 1 is 1.44 bits per heavy atom. The third kappa shape index (κ3) is 1.80. The zero-order chi connectivity index (χ0) is 11.9. The van der Waals surface area contributed by atoms with Gasteiger partial charge in [0.15, 0.2) is 5.78 Å². The number of fused-ring (bicyclic) bond motifs is 1. The molecule has 0 aliphatic carbocycles. The summed E-state index contributed by atoms with van der Waals surface area (Å²) in [6, 6.07) is 2.16. The van der Waals surface area contributed by atoms with E-state index in [0.717, 1.165) is 23.6 Å². The average Bonchev–Trinajstić information content (AvgIpc) is 2.58. The number of halogens is 3. The Balaban J connectivity index is 2.73. The molecule has 16 heavy (non-hydrogen) atoms. The molecule has 6 heteroatoms. The van der Waals surface area contributed by atoms with Gasteiger partial charge < -0.3 is 0 Å². The number of rotatable bonds is 1. The first-order valence-corrected chi connectivity index (χ1v) is 5.18. The quantitative estimate of drug-likeness (QED) is 0.719. The molecule has 0 amide bonds. The number of hydrogen-bond acceptors (Lipinski definition) is 3. The first kappa shape index (κ1) is 11.1. The summed E-state index contributed by atoms with van der Waals surface area (Å²) in [6.07, 6.45) is -3.32. The maximum absolute atomic E-state index is 12.6. The van der Waals surface area contributed by atoms with Crippen molar-refractivity contribution in [3.8, 4) is 0 Å². The molecule has 0 spiro atoms. The summed E-state index contributed by atoms with van der Waals surface area (Å²) < 4.78 is 37.9. The topological polar surface area (TPSA) is 30.0 Å². The number of alkyl halides is 3. The van der Waals surface area contributed by atoms with E-state index in [1.807, 2.05) is 0 Å². The van der Waals surface area contributed by atoms with Crippen molar-refractivity contribution < 1.29 is 18.0 Å². The van der Waals surface area contributed by atoms with E-state index in [0.29, 0.717) is 4.88 Å². The number of ketones is 1. The van der Waals surface area contributed by atoms with E-state index >= 15 is 0 Å². The summed E-state index contributed by atoms with van der Waals surface area (Å²) in [5.41, 5.74) is -0.749. The molecule has 2 aromatic rings. The van der Waals surface area contributed by atoms with Crippen LogP contribution < -0.4 is 0 Å². The molecule has 0 saturated heterocycles. The van der Waals surface area contributed by atoms with Crippen LogP contribution in [0.1, 0.15) is 22.2 Å². The number of thiophene rings is 1. The highest BCUT2D eigenvalue weighted by atomic mass is 32.1. The SMILES string of the molecule is CC(=O)c1cc2c(C(F)(F)F)ccnc2s1. The Labute approximate surface area is 92.7 Å². The Morgan fingerprint density at radius 2 is 2.12 bits per heavy atom. The molecule has 2 aromatic heterocycles. The van der Waals surface area contributed by atoms with Gasteiger partial charge in [-0.3, -0.25) is 4.79 Å². The second-order valence-corrected chi connectivity index (χ2v) is 4.27. The van der Waals surface area contributed by atoms with Crippen molar-refractivity contribution in [2.75, 3.05) is 0 Å². The molecule has 0 saturated carbocycles.